The van der Waals surface area contributed by atoms with Crippen LogP contribution in [0.15, 0.2) is 61.5 Å². The van der Waals surface area contributed by atoms with Gasteiger partial charge in [0.1, 0.15) is 5.69 Å². The molecular weight excluding hydrogens is 410 g/mol. The van der Waals surface area contributed by atoms with Gasteiger partial charge < -0.3 is 20.5 Å². The van der Waals surface area contributed by atoms with Gasteiger partial charge in [-0.05, 0) is 49.9 Å². The molecule has 7 nitrogen and oxygen atoms in total. The summed E-state index contributed by atoms with van der Waals surface area (Å²) in [5, 5.41) is 8.87. The van der Waals surface area contributed by atoms with Gasteiger partial charge in [-0.3, -0.25) is 10.1 Å². The lowest BCUT2D eigenvalue weighted by molar-refractivity contribution is 0.207. The summed E-state index contributed by atoms with van der Waals surface area (Å²) in [4.78, 5) is 12.6. The van der Waals surface area contributed by atoms with Crippen LogP contribution in [0.4, 0.5) is 5.69 Å². The molecule has 4 N–H and O–H groups in total. The molecule has 0 unspecified atom stereocenters. The molecule has 4 heterocycles. The van der Waals surface area contributed by atoms with Crippen molar-refractivity contribution < 1.29 is 0 Å². The number of H-pyrrole nitrogens is 2. The number of nitrogens with two attached hydrogens (primary N) is 1. The maximum atomic E-state index is 5.95. The van der Waals surface area contributed by atoms with Gasteiger partial charge >= 0.3 is 0 Å². The molecule has 168 valence electrons. The van der Waals surface area contributed by atoms with Crippen molar-refractivity contribution in [2.24, 2.45) is 0 Å². The number of nitrogen functional groups attached to an aromatic ring is 1. The number of aromatic nitrogens is 4. The second kappa shape index (κ2) is 8.60. The fourth-order valence-electron chi connectivity index (χ4n) is 4.49. The van der Waals surface area contributed by atoms with Crippen molar-refractivity contribution in [1.29, 1.82) is 0 Å². The molecule has 1 fully saturated rings. The molecule has 0 spiro atoms. The summed E-state index contributed by atoms with van der Waals surface area (Å²) in [7, 11) is 2.17. The average Bonchev–Trinajstić information content (AvgIpc) is 3.41. The molecule has 33 heavy (non-hydrogen) atoms. The number of aromatic amines is 2. The zero-order valence-corrected chi connectivity index (χ0v) is 19.1. The van der Waals surface area contributed by atoms with Crippen LogP contribution in [0.3, 0.4) is 0 Å². The summed E-state index contributed by atoms with van der Waals surface area (Å²) < 4.78 is 0. The van der Waals surface area contributed by atoms with Gasteiger partial charge in [-0.2, -0.15) is 5.10 Å². The Bertz CT molecular complexity index is 1340. The summed E-state index contributed by atoms with van der Waals surface area (Å²) >= 11 is 0. The molecule has 7 heteroatoms. The van der Waals surface area contributed by atoms with E-state index in [9.17, 15) is 0 Å². The summed E-state index contributed by atoms with van der Waals surface area (Å²) in [5.41, 5.74) is 15.0. The van der Waals surface area contributed by atoms with E-state index in [1.165, 1.54) is 11.3 Å². The fraction of sp³-hybridized carbons (Fsp3) is 0.231. The van der Waals surface area contributed by atoms with E-state index in [1.807, 2.05) is 24.4 Å². The Hall–Kier alpha value is -3.84. The van der Waals surface area contributed by atoms with Gasteiger partial charge in [0.15, 0.2) is 0 Å². The number of likely N-dealkylation sites (N-methyl/N-ethyl adjacent to an activating group) is 1. The number of benzene rings is 1. The summed E-state index contributed by atoms with van der Waals surface area (Å²) in [5.74, 6) is 0. The van der Waals surface area contributed by atoms with Gasteiger partial charge in [-0.25, -0.2) is 0 Å². The molecule has 0 saturated carbocycles. The Morgan fingerprint density at radius 2 is 1.91 bits per heavy atom. The molecule has 0 aliphatic carbocycles. The topological polar surface area (TPSA) is 89.9 Å². The molecular formula is C26H29N7. The first kappa shape index (κ1) is 21.0. The number of piperazine rings is 1. The Labute approximate surface area is 193 Å². The number of nitrogens with zero attached hydrogens (tertiary/aromatic N) is 4. The van der Waals surface area contributed by atoms with Crippen LogP contribution < -0.4 is 5.73 Å². The minimum Gasteiger partial charge on any atom is -0.397 e. The van der Waals surface area contributed by atoms with Crippen LogP contribution in [0, 0.1) is 6.92 Å². The number of nitrogens with one attached hydrogen (secondary N) is 2. The normalized spacial score (nSPS) is 15.3. The zero-order valence-electron chi connectivity index (χ0n) is 19.1. The molecule has 1 aliphatic rings. The zero-order chi connectivity index (χ0) is 22.9. The first-order chi connectivity index (χ1) is 16.0. The fourth-order valence-corrected chi connectivity index (χ4v) is 4.49. The Balaban J connectivity index is 1.54. The molecule has 1 saturated heterocycles. The predicted molar refractivity (Wildman–Crippen MR) is 136 cm³/mol. The summed E-state index contributed by atoms with van der Waals surface area (Å²) in [6, 6.07) is 10.4. The first-order valence-electron chi connectivity index (χ1n) is 11.2. The average molecular weight is 440 g/mol. The van der Waals surface area contributed by atoms with Crippen molar-refractivity contribution in [3.63, 3.8) is 0 Å². The molecule has 5 rings (SSSR count). The number of rotatable bonds is 5. The predicted octanol–water partition coefficient (Wildman–Crippen LogP) is 4.28. The van der Waals surface area contributed by atoms with E-state index >= 15 is 0 Å². The third-order valence-electron chi connectivity index (χ3n) is 6.32. The van der Waals surface area contributed by atoms with E-state index in [1.54, 1.807) is 6.20 Å². The lowest BCUT2D eigenvalue weighted by Gasteiger charge is -2.35. The van der Waals surface area contributed by atoms with Crippen LogP contribution in [-0.4, -0.2) is 63.2 Å². The number of hydrogen-bond acceptors (Lipinski definition) is 5. The van der Waals surface area contributed by atoms with E-state index in [-0.39, 0.29) is 0 Å². The second-order valence-electron chi connectivity index (χ2n) is 8.64. The van der Waals surface area contributed by atoms with E-state index in [0.717, 1.165) is 65.3 Å². The maximum Gasteiger partial charge on any atom is 0.116 e. The van der Waals surface area contributed by atoms with E-state index in [4.69, 9.17) is 5.73 Å². The molecule has 3 aromatic heterocycles. The van der Waals surface area contributed by atoms with E-state index in [0.29, 0.717) is 5.69 Å². The van der Waals surface area contributed by atoms with Crippen molar-refractivity contribution in [3.8, 4) is 22.5 Å². The number of anilines is 1. The highest BCUT2D eigenvalue weighted by atomic mass is 15.3. The van der Waals surface area contributed by atoms with Gasteiger partial charge in [0.2, 0.25) is 0 Å². The van der Waals surface area contributed by atoms with Crippen LogP contribution in [0.2, 0.25) is 0 Å². The monoisotopic (exact) mass is 439 g/mol. The minimum atomic E-state index is 0.648. The quantitative estimate of drug-likeness (QED) is 0.404. The van der Waals surface area contributed by atoms with Crippen LogP contribution in [-0.2, 0) is 0 Å². The van der Waals surface area contributed by atoms with Crippen LogP contribution in [0.1, 0.15) is 11.3 Å². The lowest BCUT2D eigenvalue weighted by atomic mass is 10.0. The van der Waals surface area contributed by atoms with Crippen molar-refractivity contribution in [2.75, 3.05) is 39.0 Å². The number of aryl methyl sites for hydroxylation is 1. The molecule has 0 atom stereocenters. The molecule has 0 amide bonds. The van der Waals surface area contributed by atoms with Crippen LogP contribution in [0.25, 0.3) is 39.1 Å². The van der Waals surface area contributed by atoms with Crippen LogP contribution >= 0.6 is 0 Å². The van der Waals surface area contributed by atoms with Crippen molar-refractivity contribution in [2.45, 2.75) is 6.92 Å². The number of hydrogen-bond donors (Lipinski definition) is 3. The summed E-state index contributed by atoms with van der Waals surface area (Å²) in [6.45, 7) is 10.2. The molecule has 0 bridgehead atoms. The molecule has 1 aromatic carbocycles. The third kappa shape index (κ3) is 4.03. The first-order valence-corrected chi connectivity index (χ1v) is 11.2. The van der Waals surface area contributed by atoms with Gasteiger partial charge in [0.05, 0.1) is 16.9 Å². The SMILES string of the molecule is C=C/C=C(\c1cc(-c2n[nH]c3ccc(-c4cncc(N)c4)cc23)[nH]c1C)N1CCN(C)CC1. The highest BCUT2D eigenvalue weighted by Crippen LogP contribution is 2.33. The molecule has 1 aliphatic heterocycles. The van der Waals surface area contributed by atoms with E-state index in [2.05, 4.69) is 74.8 Å². The Morgan fingerprint density at radius 3 is 2.67 bits per heavy atom. The largest absolute Gasteiger partial charge is 0.397 e. The van der Waals surface area contributed by atoms with Gasteiger partial charge in [-0.1, -0.05) is 18.7 Å². The summed E-state index contributed by atoms with van der Waals surface area (Å²) in [6.07, 6.45) is 7.47. The smallest absolute Gasteiger partial charge is 0.116 e. The van der Waals surface area contributed by atoms with Gasteiger partial charge in [0, 0.05) is 66.5 Å². The number of fused-ring (bicyclic) bond motifs is 1. The standard InChI is InChI=1S/C26H29N7/c1-4-5-25(33-10-8-32(3)9-11-33)21-14-24(29-17(21)2)26-22-13-18(6-7-23(22)30-31-26)19-12-20(27)16-28-15-19/h4-7,12-16,29H,1,8-11,27H2,2-3H3,(H,30,31)/b25-5+. The molecule has 0 radical (unpaired) electrons. The third-order valence-corrected chi connectivity index (χ3v) is 6.32. The van der Waals surface area contributed by atoms with Gasteiger partial charge in [-0.15, -0.1) is 0 Å². The highest BCUT2D eigenvalue weighted by molar-refractivity contribution is 5.95. The van der Waals surface area contributed by atoms with Crippen molar-refractivity contribution in [3.05, 3.63) is 72.7 Å². The van der Waals surface area contributed by atoms with Crippen molar-refractivity contribution >= 4 is 22.3 Å². The van der Waals surface area contributed by atoms with Gasteiger partial charge in [0.25, 0.3) is 0 Å². The maximum absolute atomic E-state index is 5.95. The Kier molecular flexibility index (Phi) is 5.48. The van der Waals surface area contributed by atoms with E-state index < -0.39 is 0 Å². The number of allylic oxidation sites excluding steroid dienone is 2. The van der Waals surface area contributed by atoms with Crippen LogP contribution in [0.5, 0.6) is 0 Å². The Morgan fingerprint density at radius 1 is 1.09 bits per heavy atom. The lowest BCUT2D eigenvalue weighted by Crippen LogP contribution is -2.43. The molecule has 4 aromatic rings. The highest BCUT2D eigenvalue weighted by Gasteiger charge is 2.21. The number of pyridine rings is 1. The second-order valence-corrected chi connectivity index (χ2v) is 8.64. The minimum absolute atomic E-state index is 0.648. The van der Waals surface area contributed by atoms with Crippen molar-refractivity contribution in [1.82, 2.24) is 30.0 Å².